The molecule has 0 aromatic heterocycles. The maximum atomic E-state index is 12.3. The SMILES string of the molecule is COc1ccc(CO[C@@H]([C@H](C)[C@@H](O[Si](C)(C)C(C)(C)C)[C@H](C)C/C=C(/C)[C@@H](C)[C@H](O[Si](C)(C)C(C)(C)C)[C@H](C)CO[Si](C)(C)C(C)(C)C)[C@H](C)C=O)cc1. The molecule has 0 amide bonds. The average Bonchev–Trinajstić information content (AvgIpc) is 3.05. The smallest absolute Gasteiger partial charge is 0.192 e. The van der Waals surface area contributed by atoms with E-state index in [1.165, 1.54) is 5.57 Å². The zero-order valence-electron chi connectivity index (χ0n) is 39.2. The molecule has 0 aliphatic heterocycles. The molecule has 0 fully saturated rings. The fraction of sp³-hybridized carbons (Fsp3) is 0.800. The Morgan fingerprint density at radius 3 is 1.57 bits per heavy atom. The second-order valence-corrected chi connectivity index (χ2v) is 35.5. The predicted molar refractivity (Wildman–Crippen MR) is 239 cm³/mol. The van der Waals surface area contributed by atoms with Gasteiger partial charge in [0.1, 0.15) is 12.0 Å². The van der Waals surface area contributed by atoms with Gasteiger partial charge >= 0.3 is 0 Å². The van der Waals surface area contributed by atoms with Crippen LogP contribution in [0.1, 0.15) is 116 Å². The van der Waals surface area contributed by atoms with Gasteiger partial charge in [0.2, 0.25) is 0 Å². The Labute approximate surface area is 337 Å². The summed E-state index contributed by atoms with van der Waals surface area (Å²) in [6.07, 6.45) is 3.99. The Balaban J connectivity index is 3.52. The molecule has 9 heteroatoms. The van der Waals surface area contributed by atoms with Gasteiger partial charge in [-0.2, -0.15) is 0 Å². The Kier molecular flexibility index (Phi) is 18.9. The van der Waals surface area contributed by atoms with Crippen molar-refractivity contribution in [3.05, 3.63) is 41.5 Å². The standard InChI is InChI=1S/C45H86O6Si3/c1-32(36(5)42(51-54(21,22)45(13,14)15)35(4)30-49-52(17,18)43(7,8)9)23-24-33(2)41(50-53(19,20)44(10,11)12)37(6)40(34(3)29-46)48-31-38-25-27-39(47-16)28-26-38/h23,25-29,33-37,40-42H,24,30-31H2,1-22H3/b32-23-/t33-,34-,35-,36-,37+,40-,41+,42-/m1/s1. The topological polar surface area (TPSA) is 63.2 Å². The number of aldehydes is 1. The third-order valence-electron chi connectivity index (χ3n) is 13.5. The predicted octanol–water partition coefficient (Wildman–Crippen LogP) is 13.1. The molecule has 0 saturated carbocycles. The van der Waals surface area contributed by atoms with Crippen LogP contribution in [0.3, 0.4) is 0 Å². The summed E-state index contributed by atoms with van der Waals surface area (Å²) in [5.41, 5.74) is 2.39. The summed E-state index contributed by atoms with van der Waals surface area (Å²) in [6.45, 7) is 49.4. The maximum Gasteiger partial charge on any atom is 0.192 e. The molecule has 0 bridgehead atoms. The molecule has 6 nitrogen and oxygen atoms in total. The number of hydrogen-bond donors (Lipinski definition) is 0. The molecule has 314 valence electrons. The van der Waals surface area contributed by atoms with E-state index < -0.39 is 25.0 Å². The van der Waals surface area contributed by atoms with Crippen molar-refractivity contribution >= 4 is 31.2 Å². The molecule has 0 saturated heterocycles. The summed E-state index contributed by atoms with van der Waals surface area (Å²) in [5, 5.41) is 0.299. The number of rotatable bonds is 21. The molecule has 0 N–H and O–H groups in total. The number of ether oxygens (including phenoxy) is 2. The Morgan fingerprint density at radius 2 is 1.15 bits per heavy atom. The average molecular weight is 807 g/mol. The van der Waals surface area contributed by atoms with Gasteiger partial charge in [-0.1, -0.05) is 121 Å². The summed E-state index contributed by atoms with van der Waals surface area (Å²) < 4.78 is 33.4. The summed E-state index contributed by atoms with van der Waals surface area (Å²) in [7, 11) is -4.50. The lowest BCUT2D eigenvalue weighted by molar-refractivity contribution is -0.121. The van der Waals surface area contributed by atoms with Gasteiger partial charge in [-0.15, -0.1) is 0 Å². The van der Waals surface area contributed by atoms with Crippen LogP contribution in [0.25, 0.3) is 0 Å². The van der Waals surface area contributed by atoms with E-state index in [0.717, 1.165) is 24.0 Å². The van der Waals surface area contributed by atoms with Gasteiger partial charge in [-0.25, -0.2) is 0 Å². The van der Waals surface area contributed by atoms with E-state index in [1.54, 1.807) is 7.11 Å². The minimum absolute atomic E-state index is 0.0131. The molecule has 0 aliphatic carbocycles. The fourth-order valence-electron chi connectivity index (χ4n) is 6.05. The van der Waals surface area contributed by atoms with E-state index in [0.29, 0.717) is 13.2 Å². The molecular formula is C45H86O6Si3. The maximum absolute atomic E-state index is 12.3. The fourth-order valence-corrected chi connectivity index (χ4v) is 10.1. The molecule has 8 atom stereocenters. The van der Waals surface area contributed by atoms with Gasteiger partial charge in [0.25, 0.3) is 0 Å². The van der Waals surface area contributed by atoms with E-state index in [-0.39, 0.29) is 63.0 Å². The molecule has 1 aromatic rings. The number of carbonyl (C=O) groups excluding carboxylic acids is 1. The lowest BCUT2D eigenvalue weighted by Crippen LogP contribution is -2.50. The van der Waals surface area contributed by atoms with Crippen molar-refractivity contribution in [1.82, 2.24) is 0 Å². The largest absolute Gasteiger partial charge is 0.497 e. The van der Waals surface area contributed by atoms with Crippen molar-refractivity contribution in [2.45, 2.75) is 190 Å². The number of benzene rings is 1. The zero-order valence-corrected chi connectivity index (χ0v) is 42.2. The minimum Gasteiger partial charge on any atom is -0.497 e. The van der Waals surface area contributed by atoms with Gasteiger partial charge in [0.05, 0.1) is 32.0 Å². The molecule has 0 radical (unpaired) electrons. The molecule has 0 spiro atoms. The van der Waals surface area contributed by atoms with E-state index in [2.05, 4.69) is 142 Å². The van der Waals surface area contributed by atoms with Gasteiger partial charge in [0, 0.05) is 30.3 Å². The third kappa shape index (κ3) is 14.4. The summed E-state index contributed by atoms with van der Waals surface area (Å²) in [4.78, 5) is 12.3. The van der Waals surface area contributed by atoms with Crippen LogP contribution in [0.4, 0.5) is 0 Å². The highest BCUT2D eigenvalue weighted by Crippen LogP contribution is 2.43. The van der Waals surface area contributed by atoms with Crippen LogP contribution >= 0.6 is 0 Å². The lowest BCUT2D eigenvalue weighted by atomic mass is 9.82. The zero-order chi connectivity index (χ0) is 42.3. The van der Waals surface area contributed by atoms with Gasteiger partial charge in [0.15, 0.2) is 25.0 Å². The third-order valence-corrected chi connectivity index (χ3v) is 27.0. The highest BCUT2D eigenvalue weighted by molar-refractivity contribution is 6.75. The highest BCUT2D eigenvalue weighted by atomic mass is 28.4. The molecule has 54 heavy (non-hydrogen) atoms. The van der Waals surface area contributed by atoms with Crippen molar-refractivity contribution < 1.29 is 27.5 Å². The number of carbonyl (C=O) groups is 1. The van der Waals surface area contributed by atoms with Gasteiger partial charge in [-0.05, 0) is 91.4 Å². The number of methoxy groups -OCH3 is 1. The van der Waals surface area contributed by atoms with Crippen molar-refractivity contribution in [3.8, 4) is 5.75 Å². The first kappa shape index (κ1) is 50.9. The van der Waals surface area contributed by atoms with Gasteiger partial charge in [-0.3, -0.25) is 0 Å². The van der Waals surface area contributed by atoms with Crippen LogP contribution in [0.5, 0.6) is 5.75 Å². The summed E-state index contributed by atoms with van der Waals surface area (Å²) in [6, 6.07) is 7.95. The van der Waals surface area contributed by atoms with Crippen molar-refractivity contribution in [3.63, 3.8) is 0 Å². The number of allylic oxidation sites excluding steroid dienone is 1. The molecule has 0 heterocycles. The molecular weight excluding hydrogens is 721 g/mol. The van der Waals surface area contributed by atoms with E-state index in [1.807, 2.05) is 31.2 Å². The van der Waals surface area contributed by atoms with Crippen LogP contribution in [0.15, 0.2) is 35.9 Å². The van der Waals surface area contributed by atoms with E-state index in [9.17, 15) is 4.79 Å². The first-order valence-electron chi connectivity index (χ1n) is 20.7. The first-order chi connectivity index (χ1) is 24.3. The van der Waals surface area contributed by atoms with Crippen LogP contribution in [0, 0.1) is 29.6 Å². The lowest BCUT2D eigenvalue weighted by Gasteiger charge is -2.45. The van der Waals surface area contributed by atoms with Crippen molar-refractivity contribution in [1.29, 1.82) is 0 Å². The van der Waals surface area contributed by atoms with Gasteiger partial charge < -0.3 is 27.5 Å². The molecule has 1 aromatic carbocycles. The monoisotopic (exact) mass is 807 g/mol. The van der Waals surface area contributed by atoms with Crippen LogP contribution in [-0.2, 0) is 29.4 Å². The second kappa shape index (κ2) is 20.1. The van der Waals surface area contributed by atoms with E-state index in [4.69, 9.17) is 22.8 Å². The van der Waals surface area contributed by atoms with Crippen LogP contribution in [0.2, 0.25) is 54.4 Å². The first-order valence-corrected chi connectivity index (χ1v) is 29.4. The summed E-state index contributed by atoms with van der Waals surface area (Å²) in [5.74, 6) is 1.18. The summed E-state index contributed by atoms with van der Waals surface area (Å²) >= 11 is 0. The second-order valence-electron chi connectivity index (χ2n) is 21.2. The van der Waals surface area contributed by atoms with E-state index >= 15 is 0 Å². The Bertz CT molecular complexity index is 1300. The minimum atomic E-state index is -2.18. The highest BCUT2D eigenvalue weighted by Gasteiger charge is 2.45. The van der Waals surface area contributed by atoms with Crippen molar-refractivity contribution in [2.75, 3.05) is 13.7 Å². The quantitative estimate of drug-likeness (QED) is 0.0700. The molecule has 0 unspecified atom stereocenters. The van der Waals surface area contributed by atoms with Crippen molar-refractivity contribution in [2.24, 2.45) is 29.6 Å². The molecule has 1 rings (SSSR count). The normalized spacial score (nSPS) is 18.7. The van der Waals surface area contributed by atoms with Crippen LogP contribution in [-0.4, -0.2) is 63.3 Å². The molecule has 0 aliphatic rings. The van der Waals surface area contributed by atoms with Crippen LogP contribution < -0.4 is 4.74 Å². The Hall–Kier alpha value is -1.08. The number of hydrogen-bond acceptors (Lipinski definition) is 6. The Morgan fingerprint density at radius 1 is 0.685 bits per heavy atom.